The molecule has 5 aliphatic rings. The van der Waals surface area contributed by atoms with Gasteiger partial charge >= 0.3 is 30.0 Å². The van der Waals surface area contributed by atoms with E-state index in [2.05, 4.69) is 20.8 Å². The van der Waals surface area contributed by atoms with E-state index in [0.29, 0.717) is 36.5 Å². The lowest BCUT2D eigenvalue weighted by Crippen LogP contribution is -2.81. The van der Waals surface area contributed by atoms with Crippen LogP contribution in [0.15, 0.2) is 102 Å². The van der Waals surface area contributed by atoms with E-state index in [4.69, 9.17) is 33.4 Å². The van der Waals surface area contributed by atoms with Gasteiger partial charge < -0.3 is 74.4 Å². The number of carbonyl (C=O) groups is 8. The third kappa shape index (κ3) is 13.8. The van der Waals surface area contributed by atoms with E-state index in [9.17, 15) is 54.3 Å². The van der Waals surface area contributed by atoms with Crippen LogP contribution < -0.4 is 15.5 Å². The van der Waals surface area contributed by atoms with Gasteiger partial charge in [-0.2, -0.15) is 0 Å². The number of aromatic nitrogens is 4. The number of benzene rings is 3. The minimum Gasteiger partial charge on any atom is -0.508 e. The SMILES string of the molecule is CCNC(=O)c1nnc(-c2cc(C(C)C)c(O)cc2O)n1-c1ccc(N(C)C2CCN(C(=O)CCC(=O)O[C@H](C(=O)O[C@@H]3C[C@@]4(O)C(C)C(=C3C)[C@H](O)C(=O)[C@@]3(C)[C@H](O)CC5OCC5(OC(C)=O)[C@@H]3[C@H]4OC(=O)c3ccccc3)[C@H](NC(=O)OC(C)(C)C)c3ccccc3)CC2)nc1. The number of piperidine rings is 1. The Morgan fingerprint density at radius 1 is 0.898 bits per heavy atom. The van der Waals surface area contributed by atoms with Crippen LogP contribution in [0.1, 0.15) is 152 Å². The molecule has 0 radical (unpaired) electrons. The maximum absolute atomic E-state index is 15.4. The highest BCUT2D eigenvalue weighted by Crippen LogP contribution is 2.62. The molecule has 0 spiro atoms. The second-order valence-corrected chi connectivity index (χ2v) is 27.5. The fourth-order valence-electron chi connectivity index (χ4n) is 14.6. The summed E-state index contributed by atoms with van der Waals surface area (Å²) in [5.41, 5.74) is -6.03. The number of hydrogen-bond acceptors (Lipinski definition) is 23. The number of ether oxygens (including phenoxy) is 6. The zero-order valence-electron chi connectivity index (χ0n) is 56.7. The van der Waals surface area contributed by atoms with Gasteiger partial charge in [-0.25, -0.2) is 19.4 Å². The Balaban J connectivity index is 0.890. The van der Waals surface area contributed by atoms with Crippen molar-refractivity contribution in [2.75, 3.05) is 38.2 Å². The number of nitrogens with one attached hydrogen (secondary N) is 2. The summed E-state index contributed by atoms with van der Waals surface area (Å²) in [6.07, 6.45) is -10.7. The van der Waals surface area contributed by atoms with E-state index in [-0.39, 0.29) is 95.5 Å². The third-order valence-corrected chi connectivity index (χ3v) is 19.8. The van der Waals surface area contributed by atoms with Crippen molar-refractivity contribution in [2.45, 2.75) is 179 Å². The lowest BCUT2D eigenvalue weighted by atomic mass is 9.47. The summed E-state index contributed by atoms with van der Waals surface area (Å²) in [6, 6.07) is 20.4. The molecule has 7 N–H and O–H groups in total. The summed E-state index contributed by atoms with van der Waals surface area (Å²) >= 11 is 0. The zero-order chi connectivity index (χ0) is 71.1. The van der Waals surface area contributed by atoms with Crippen LogP contribution in [-0.4, -0.2) is 191 Å². The Bertz CT molecular complexity index is 3890. The van der Waals surface area contributed by atoms with Crippen molar-refractivity contribution in [3.8, 4) is 28.6 Å². The normalized spacial score (nSPS) is 26.0. The summed E-state index contributed by atoms with van der Waals surface area (Å²) in [7, 11) is 1.86. The number of carbonyl (C=O) groups excluding carboxylic acids is 8. The summed E-state index contributed by atoms with van der Waals surface area (Å²) in [5, 5.41) is 73.8. The van der Waals surface area contributed by atoms with Crippen molar-refractivity contribution >= 4 is 53.4 Å². The summed E-state index contributed by atoms with van der Waals surface area (Å²) in [6.45, 7) is 16.4. The lowest BCUT2D eigenvalue weighted by Gasteiger charge is -2.66. The lowest BCUT2D eigenvalue weighted by molar-refractivity contribution is -0.343. The number of likely N-dealkylation sites (tertiary alicyclic amines) is 1. The second-order valence-electron chi connectivity index (χ2n) is 27.5. The molecular formula is C71H86N8O19. The fraction of sp³-hybridized carbons (Fsp3) is 0.507. The molecule has 3 amide bonds. The van der Waals surface area contributed by atoms with Gasteiger partial charge in [-0.1, -0.05) is 69.3 Å². The molecule has 2 saturated heterocycles. The van der Waals surface area contributed by atoms with E-state index in [1.807, 2.05) is 25.8 Å². The Kier molecular flexibility index (Phi) is 20.6. The Morgan fingerprint density at radius 3 is 2.17 bits per heavy atom. The van der Waals surface area contributed by atoms with Crippen LogP contribution in [0.4, 0.5) is 10.6 Å². The molecule has 12 atom stereocenters. The molecule has 2 bridgehead atoms. The zero-order valence-corrected chi connectivity index (χ0v) is 56.7. The number of aliphatic hydroxyl groups excluding tert-OH is 2. The highest BCUT2D eigenvalue weighted by atomic mass is 16.6. The number of aromatic hydroxyl groups is 2. The van der Waals surface area contributed by atoms with Gasteiger partial charge in [0.15, 0.2) is 17.2 Å². The summed E-state index contributed by atoms with van der Waals surface area (Å²) in [5.74, 6) is -8.78. The third-order valence-electron chi connectivity index (χ3n) is 19.8. The number of ketones is 1. The summed E-state index contributed by atoms with van der Waals surface area (Å²) < 4.78 is 37.9. The number of phenols is 2. The number of rotatable bonds is 19. The van der Waals surface area contributed by atoms with Crippen LogP contribution in [0.5, 0.6) is 11.5 Å². The molecule has 2 aromatic heterocycles. The molecule has 2 aliphatic heterocycles. The Labute approximate surface area is 566 Å². The molecule has 27 heteroatoms. The van der Waals surface area contributed by atoms with Crippen molar-refractivity contribution in [3.63, 3.8) is 0 Å². The largest absolute Gasteiger partial charge is 0.508 e. The van der Waals surface area contributed by atoms with E-state index in [1.165, 1.54) is 43.5 Å². The highest BCUT2D eigenvalue weighted by Gasteiger charge is 2.76. The molecular weight excluding hydrogens is 1270 g/mol. The number of anilines is 1. The van der Waals surface area contributed by atoms with Gasteiger partial charge in [0.2, 0.25) is 17.8 Å². The van der Waals surface area contributed by atoms with Gasteiger partial charge in [-0.15, -0.1) is 10.2 Å². The monoisotopic (exact) mass is 1350 g/mol. The molecule has 27 nitrogen and oxygen atoms in total. The van der Waals surface area contributed by atoms with Gasteiger partial charge in [0.1, 0.15) is 59.0 Å². The smallest absolute Gasteiger partial charge is 0.408 e. The first-order chi connectivity index (χ1) is 46.3. The van der Waals surface area contributed by atoms with Gasteiger partial charge in [-0.05, 0) is 113 Å². The standard InChI is InChI=1S/C71H86N8O19/c1-12-72-64(88)63-76-75-62(46-31-45(37(2)3)47(81)32-48(46)82)79(63)44-23-24-52(73-35-44)77(11)43-27-29-78(30-28-43)53(84)25-26-54(85)95-58(56(41-19-15-13-16-20-41)74-67(91)98-68(7,8)9)66(90)94-49-34-70(92)39(5)55(38(49)4)57(86)60(87)69(10)50(83)33-51-71(36-93-51,97-40(6)80)59(69)61(70)96-65(89)42-21-17-14-18-22-42/h13-24,31-32,35,37,39,43,49-51,56-59,61,81-83,86,92H,12,25-30,33-34,36H2,1-11H3,(H,72,88)(H,74,91)/t39?,49-,50-,51?,56-,57+,58+,59-,61-,69+,70-,71?/m1/s1. The molecule has 10 rings (SSSR count). The van der Waals surface area contributed by atoms with Crippen molar-refractivity contribution in [3.05, 3.63) is 125 Å². The van der Waals surface area contributed by atoms with Crippen molar-refractivity contribution in [2.24, 2.45) is 17.3 Å². The number of hydrogen-bond donors (Lipinski definition) is 7. The number of nitrogens with zero attached hydrogens (tertiary/aromatic N) is 6. The number of pyridine rings is 1. The molecule has 5 aromatic rings. The molecule has 3 aromatic carbocycles. The average molecular weight is 1360 g/mol. The van der Waals surface area contributed by atoms with Crippen molar-refractivity contribution < 1.29 is 92.3 Å². The number of Topliss-reactive ketones (excluding diaryl/α,β-unsaturated/α-hetero) is 1. The van der Waals surface area contributed by atoms with E-state index in [1.54, 1.807) is 106 Å². The van der Waals surface area contributed by atoms with Gasteiger partial charge in [-0.3, -0.25) is 28.5 Å². The second kappa shape index (κ2) is 28.3. The molecule has 98 heavy (non-hydrogen) atoms. The van der Waals surface area contributed by atoms with Crippen molar-refractivity contribution in [1.29, 1.82) is 0 Å². The molecule has 3 unspecified atom stereocenters. The average Bonchev–Trinajstić information content (AvgIpc) is 0.699. The van der Waals surface area contributed by atoms with E-state index < -0.39 is 137 Å². The predicted molar refractivity (Wildman–Crippen MR) is 350 cm³/mol. The van der Waals surface area contributed by atoms with Crippen LogP contribution in [-0.2, 0) is 52.4 Å². The molecule has 2 saturated carbocycles. The first-order valence-corrected chi connectivity index (χ1v) is 32.9. The Morgan fingerprint density at radius 2 is 1.57 bits per heavy atom. The van der Waals surface area contributed by atoms with Crippen LogP contribution in [0, 0.1) is 17.3 Å². The molecule has 524 valence electrons. The van der Waals surface area contributed by atoms with E-state index >= 15 is 9.59 Å². The molecule has 4 fully saturated rings. The first kappa shape index (κ1) is 71.5. The quantitative estimate of drug-likeness (QED) is 0.0272. The summed E-state index contributed by atoms with van der Waals surface area (Å²) in [4.78, 5) is 122. The Hall–Kier alpha value is -9.31. The maximum atomic E-state index is 15.4. The van der Waals surface area contributed by atoms with Crippen LogP contribution in [0.3, 0.4) is 0 Å². The predicted octanol–water partition coefficient (Wildman–Crippen LogP) is 6.26. The van der Waals surface area contributed by atoms with Crippen LogP contribution >= 0.6 is 0 Å². The number of alkyl carbamates (subject to hydrolysis) is 1. The maximum Gasteiger partial charge on any atom is 0.408 e. The molecule has 4 heterocycles. The molecule has 3 aliphatic carbocycles. The van der Waals surface area contributed by atoms with Gasteiger partial charge in [0.05, 0.1) is 53.5 Å². The number of aliphatic hydroxyl groups is 3. The number of fused-ring (bicyclic) bond motifs is 5. The van der Waals surface area contributed by atoms with Gasteiger partial charge in [0, 0.05) is 70.9 Å². The number of amides is 3. The van der Waals surface area contributed by atoms with Crippen LogP contribution in [0.2, 0.25) is 0 Å². The van der Waals surface area contributed by atoms with E-state index in [0.717, 1.165) is 6.92 Å². The minimum absolute atomic E-state index is 0.0273. The first-order valence-electron chi connectivity index (χ1n) is 32.9. The number of phenolic OH excluding ortho intramolecular Hbond substituents is 2. The van der Waals surface area contributed by atoms with Crippen LogP contribution in [0.25, 0.3) is 17.1 Å². The number of esters is 4. The highest BCUT2D eigenvalue weighted by molar-refractivity contribution is 5.95. The minimum atomic E-state index is -2.44. The van der Waals surface area contributed by atoms with Gasteiger partial charge in [0.25, 0.3) is 5.91 Å². The topological polar surface area (TPSA) is 367 Å². The van der Waals surface area contributed by atoms with Crippen molar-refractivity contribution in [1.82, 2.24) is 35.3 Å². The fourth-order valence-corrected chi connectivity index (χ4v) is 14.6.